The lowest BCUT2D eigenvalue weighted by atomic mass is 10.3. The molecule has 1 fully saturated rings. The summed E-state index contributed by atoms with van der Waals surface area (Å²) >= 11 is 7.52. The van der Waals surface area contributed by atoms with E-state index in [2.05, 4.69) is 4.90 Å². The maximum Gasteiger partial charge on any atom is 0.310 e. The van der Waals surface area contributed by atoms with E-state index in [1.807, 2.05) is 12.1 Å². The molecular formula is C17H18ClN3O4S. The van der Waals surface area contributed by atoms with Gasteiger partial charge in [-0.2, -0.15) is 0 Å². The molecule has 2 heterocycles. The van der Waals surface area contributed by atoms with Crippen LogP contribution in [-0.4, -0.2) is 53.4 Å². The Kier molecular flexibility index (Phi) is 6.08. The highest BCUT2D eigenvalue weighted by Crippen LogP contribution is 2.26. The van der Waals surface area contributed by atoms with E-state index in [1.54, 1.807) is 28.4 Å². The van der Waals surface area contributed by atoms with Crippen LogP contribution in [0.4, 0.5) is 5.69 Å². The molecule has 2 aromatic rings. The topological polar surface area (TPSA) is 75.9 Å². The SMILES string of the molecule is O=C(COc1ccccc1[N+](=O)[O-])N1CCN(Cc2ccc(Cl)s2)CC1. The number of piperazine rings is 1. The third-order valence-electron chi connectivity index (χ3n) is 4.15. The monoisotopic (exact) mass is 395 g/mol. The number of thiophene rings is 1. The Morgan fingerprint density at radius 3 is 2.58 bits per heavy atom. The van der Waals surface area contributed by atoms with Crippen molar-refractivity contribution in [2.24, 2.45) is 0 Å². The first kappa shape index (κ1) is 18.6. The minimum Gasteiger partial charge on any atom is -0.477 e. The number of nitrogens with zero attached hydrogens (tertiary/aromatic N) is 3. The minimum absolute atomic E-state index is 0.110. The first-order valence-corrected chi connectivity index (χ1v) is 9.33. The Morgan fingerprint density at radius 1 is 1.19 bits per heavy atom. The second kappa shape index (κ2) is 8.48. The van der Waals surface area contributed by atoms with Gasteiger partial charge in [0.25, 0.3) is 5.91 Å². The summed E-state index contributed by atoms with van der Waals surface area (Å²) in [5.41, 5.74) is -0.139. The van der Waals surface area contributed by atoms with Gasteiger partial charge in [0.05, 0.1) is 9.26 Å². The highest BCUT2D eigenvalue weighted by atomic mass is 35.5. The van der Waals surface area contributed by atoms with Gasteiger partial charge in [0, 0.05) is 43.7 Å². The van der Waals surface area contributed by atoms with Crippen molar-refractivity contribution >= 4 is 34.5 Å². The van der Waals surface area contributed by atoms with Crippen LogP contribution >= 0.6 is 22.9 Å². The molecule has 1 aromatic heterocycles. The zero-order valence-corrected chi connectivity index (χ0v) is 15.5. The molecule has 1 aliphatic rings. The van der Waals surface area contributed by atoms with Crippen LogP contribution in [0.1, 0.15) is 4.88 Å². The number of hydrogen-bond donors (Lipinski definition) is 0. The van der Waals surface area contributed by atoms with Crippen molar-refractivity contribution in [1.29, 1.82) is 0 Å². The lowest BCUT2D eigenvalue weighted by Crippen LogP contribution is -2.49. The molecule has 9 heteroatoms. The van der Waals surface area contributed by atoms with E-state index in [4.69, 9.17) is 16.3 Å². The molecule has 138 valence electrons. The second-order valence-electron chi connectivity index (χ2n) is 5.88. The molecule has 0 unspecified atom stereocenters. The molecule has 1 saturated heterocycles. The quantitative estimate of drug-likeness (QED) is 0.555. The molecule has 7 nitrogen and oxygen atoms in total. The Hall–Kier alpha value is -2.16. The van der Waals surface area contributed by atoms with Crippen LogP contribution in [0.15, 0.2) is 36.4 Å². The fourth-order valence-corrected chi connectivity index (χ4v) is 3.90. The molecule has 0 N–H and O–H groups in total. The molecule has 0 radical (unpaired) electrons. The summed E-state index contributed by atoms with van der Waals surface area (Å²) in [6, 6.07) is 9.96. The fraction of sp³-hybridized carbons (Fsp3) is 0.353. The number of amides is 1. The van der Waals surface area contributed by atoms with Crippen molar-refractivity contribution in [3.8, 4) is 5.75 Å². The van der Waals surface area contributed by atoms with Crippen molar-refractivity contribution < 1.29 is 14.5 Å². The standard InChI is InChI=1S/C17H18ClN3O4S/c18-16-6-5-13(26-16)11-19-7-9-20(10-8-19)17(22)12-25-15-4-2-1-3-14(15)21(23)24/h1-6H,7-12H2. The van der Waals surface area contributed by atoms with Crippen molar-refractivity contribution in [3.63, 3.8) is 0 Å². The van der Waals surface area contributed by atoms with Gasteiger partial charge in [-0.3, -0.25) is 19.8 Å². The Morgan fingerprint density at radius 2 is 1.92 bits per heavy atom. The van der Waals surface area contributed by atoms with Crippen molar-refractivity contribution in [2.45, 2.75) is 6.54 Å². The Balaban J connectivity index is 1.47. The van der Waals surface area contributed by atoms with Gasteiger partial charge >= 0.3 is 5.69 Å². The molecule has 0 bridgehead atoms. The highest BCUT2D eigenvalue weighted by molar-refractivity contribution is 7.16. The van der Waals surface area contributed by atoms with Gasteiger partial charge in [0.15, 0.2) is 12.4 Å². The van der Waals surface area contributed by atoms with Crippen LogP contribution in [0, 0.1) is 10.1 Å². The molecule has 3 rings (SSSR count). The van der Waals surface area contributed by atoms with E-state index in [0.29, 0.717) is 13.1 Å². The summed E-state index contributed by atoms with van der Waals surface area (Å²) in [7, 11) is 0. The normalized spacial score (nSPS) is 15.0. The zero-order valence-electron chi connectivity index (χ0n) is 14.0. The molecular weight excluding hydrogens is 378 g/mol. The van der Waals surface area contributed by atoms with Crippen molar-refractivity contribution in [3.05, 3.63) is 55.7 Å². The smallest absolute Gasteiger partial charge is 0.310 e. The summed E-state index contributed by atoms with van der Waals surface area (Å²) in [5, 5.41) is 11.0. The Bertz CT molecular complexity index is 790. The highest BCUT2D eigenvalue weighted by Gasteiger charge is 2.23. The first-order chi connectivity index (χ1) is 12.5. The number of hydrogen-bond acceptors (Lipinski definition) is 6. The van der Waals surface area contributed by atoms with Gasteiger partial charge < -0.3 is 9.64 Å². The van der Waals surface area contributed by atoms with Gasteiger partial charge in [-0.25, -0.2) is 0 Å². The number of carbonyl (C=O) groups is 1. The molecule has 0 spiro atoms. The van der Waals surface area contributed by atoms with Crippen molar-refractivity contribution in [2.75, 3.05) is 32.8 Å². The van der Waals surface area contributed by atoms with Gasteiger partial charge in [-0.05, 0) is 18.2 Å². The van der Waals surface area contributed by atoms with Crippen LogP contribution in [-0.2, 0) is 11.3 Å². The number of nitro groups is 1. The van der Waals surface area contributed by atoms with E-state index in [9.17, 15) is 14.9 Å². The minimum atomic E-state index is -0.518. The number of para-hydroxylation sites is 2. The van der Waals surface area contributed by atoms with Gasteiger partial charge in [0.2, 0.25) is 0 Å². The number of nitro benzene ring substituents is 1. The summed E-state index contributed by atoms with van der Waals surface area (Å²) in [6.07, 6.45) is 0. The van der Waals surface area contributed by atoms with E-state index in [-0.39, 0.29) is 24.0 Å². The third kappa shape index (κ3) is 4.72. The zero-order chi connectivity index (χ0) is 18.5. The molecule has 1 amide bonds. The molecule has 0 saturated carbocycles. The average molecular weight is 396 g/mol. The van der Waals surface area contributed by atoms with E-state index in [1.165, 1.54) is 17.0 Å². The maximum atomic E-state index is 12.3. The number of rotatable bonds is 6. The molecule has 0 atom stereocenters. The summed E-state index contributed by atoms with van der Waals surface area (Å²) in [4.78, 5) is 28.0. The van der Waals surface area contributed by atoms with Crippen LogP contribution in [0.25, 0.3) is 0 Å². The number of carbonyl (C=O) groups excluding carboxylic acids is 1. The summed E-state index contributed by atoms with van der Waals surface area (Å²) < 4.78 is 6.16. The molecule has 0 aliphatic carbocycles. The maximum absolute atomic E-state index is 12.3. The molecule has 1 aliphatic heterocycles. The van der Waals surface area contributed by atoms with E-state index >= 15 is 0 Å². The predicted octanol–water partition coefficient (Wildman–Crippen LogP) is 3.03. The number of halogens is 1. The van der Waals surface area contributed by atoms with E-state index in [0.717, 1.165) is 24.0 Å². The summed E-state index contributed by atoms with van der Waals surface area (Å²) in [5.74, 6) is -0.0546. The molecule has 1 aromatic carbocycles. The first-order valence-electron chi connectivity index (χ1n) is 8.13. The van der Waals surface area contributed by atoms with E-state index < -0.39 is 4.92 Å². The second-order valence-corrected chi connectivity index (χ2v) is 7.68. The summed E-state index contributed by atoms with van der Waals surface area (Å²) in [6.45, 7) is 3.38. The number of ether oxygens (including phenoxy) is 1. The van der Waals surface area contributed by atoms with Crippen LogP contribution in [0.5, 0.6) is 5.75 Å². The lowest BCUT2D eigenvalue weighted by Gasteiger charge is -2.34. The van der Waals surface area contributed by atoms with Gasteiger partial charge in [-0.15, -0.1) is 11.3 Å². The van der Waals surface area contributed by atoms with Gasteiger partial charge in [-0.1, -0.05) is 23.7 Å². The molecule has 26 heavy (non-hydrogen) atoms. The Labute approximate surface area is 159 Å². The van der Waals surface area contributed by atoms with Crippen LogP contribution < -0.4 is 4.74 Å². The largest absolute Gasteiger partial charge is 0.477 e. The number of benzene rings is 1. The third-order valence-corrected chi connectivity index (χ3v) is 5.36. The van der Waals surface area contributed by atoms with Crippen LogP contribution in [0.3, 0.4) is 0 Å². The predicted molar refractivity (Wildman–Crippen MR) is 99.8 cm³/mol. The van der Waals surface area contributed by atoms with Crippen molar-refractivity contribution in [1.82, 2.24) is 9.80 Å². The average Bonchev–Trinajstić information content (AvgIpc) is 3.05. The van der Waals surface area contributed by atoms with Crippen LogP contribution in [0.2, 0.25) is 4.34 Å². The van der Waals surface area contributed by atoms with Gasteiger partial charge in [0.1, 0.15) is 0 Å². The fourth-order valence-electron chi connectivity index (χ4n) is 2.77. The lowest BCUT2D eigenvalue weighted by molar-refractivity contribution is -0.385.